The Morgan fingerprint density at radius 2 is 1.94 bits per heavy atom. The van der Waals surface area contributed by atoms with Crippen molar-refractivity contribution in [2.45, 2.75) is 12.3 Å². The number of hydrogen-bond donors (Lipinski definition) is 0. The number of alkyl halides is 1. The summed E-state index contributed by atoms with van der Waals surface area (Å²) in [6, 6.07) is 12.1. The van der Waals surface area contributed by atoms with E-state index < -0.39 is 0 Å². The van der Waals surface area contributed by atoms with Crippen molar-refractivity contribution < 1.29 is 0 Å². The minimum atomic E-state index is 0.274. The van der Waals surface area contributed by atoms with Crippen molar-refractivity contribution in [1.29, 1.82) is 0 Å². The van der Waals surface area contributed by atoms with Gasteiger partial charge in [-0.25, -0.2) is 0 Å². The predicted molar refractivity (Wildman–Crippen MR) is 80.6 cm³/mol. The molecule has 0 N–H and O–H groups in total. The van der Waals surface area contributed by atoms with Gasteiger partial charge >= 0.3 is 0 Å². The monoisotopic (exact) mass is 348 g/mol. The Labute approximate surface area is 124 Å². The molecule has 0 spiro atoms. The highest BCUT2D eigenvalue weighted by Gasteiger charge is 2.15. The molecule has 1 aromatic heterocycles. The van der Waals surface area contributed by atoms with Crippen LogP contribution < -0.4 is 0 Å². The number of hydrogen-bond acceptors (Lipinski definition) is 1. The van der Waals surface area contributed by atoms with E-state index in [2.05, 4.69) is 34.1 Å². The summed E-state index contributed by atoms with van der Waals surface area (Å²) in [4.78, 5) is 1.32. The van der Waals surface area contributed by atoms with Gasteiger partial charge in [0.25, 0.3) is 0 Å². The van der Waals surface area contributed by atoms with E-state index in [0.717, 1.165) is 20.8 Å². The first kappa shape index (κ1) is 13.4. The van der Waals surface area contributed by atoms with Crippen LogP contribution in [0.4, 0.5) is 0 Å². The van der Waals surface area contributed by atoms with Crippen molar-refractivity contribution in [2.24, 2.45) is 0 Å². The Balaban J connectivity index is 2.20. The van der Waals surface area contributed by atoms with E-state index in [9.17, 15) is 0 Å². The highest BCUT2D eigenvalue weighted by atomic mass is 79.9. The van der Waals surface area contributed by atoms with E-state index in [1.807, 2.05) is 18.2 Å². The number of thiophene rings is 1. The van der Waals surface area contributed by atoms with Gasteiger partial charge in [0.05, 0.1) is 3.79 Å². The van der Waals surface area contributed by atoms with E-state index in [0.29, 0.717) is 5.88 Å². The maximum absolute atomic E-state index is 6.20. The van der Waals surface area contributed by atoms with Gasteiger partial charge in [-0.3, -0.25) is 0 Å². The largest absolute Gasteiger partial charge is 0.133 e. The molecule has 0 fully saturated rings. The van der Waals surface area contributed by atoms with Gasteiger partial charge in [-0.15, -0.1) is 22.9 Å². The second kappa shape index (κ2) is 6.24. The van der Waals surface area contributed by atoms with Gasteiger partial charge in [-0.1, -0.05) is 29.8 Å². The fraction of sp³-hybridized carbons (Fsp3) is 0.231. The first-order chi connectivity index (χ1) is 8.20. The van der Waals surface area contributed by atoms with Crippen LogP contribution in [0.5, 0.6) is 0 Å². The van der Waals surface area contributed by atoms with Crippen LogP contribution in [-0.4, -0.2) is 5.88 Å². The zero-order chi connectivity index (χ0) is 12.3. The molecule has 17 heavy (non-hydrogen) atoms. The molecule has 0 aliphatic rings. The van der Waals surface area contributed by atoms with Crippen LogP contribution in [0.3, 0.4) is 0 Å². The van der Waals surface area contributed by atoms with Gasteiger partial charge in [0.2, 0.25) is 0 Å². The lowest BCUT2D eigenvalue weighted by Gasteiger charge is -2.14. The SMILES string of the molecule is ClCC(Cc1ccc(Br)s1)c1ccccc1Cl. The van der Waals surface area contributed by atoms with Crippen molar-refractivity contribution in [2.75, 3.05) is 5.88 Å². The molecule has 90 valence electrons. The van der Waals surface area contributed by atoms with Gasteiger partial charge in [-0.2, -0.15) is 0 Å². The molecule has 1 aromatic carbocycles. The van der Waals surface area contributed by atoms with Crippen LogP contribution in [-0.2, 0) is 6.42 Å². The van der Waals surface area contributed by atoms with Crippen LogP contribution in [0.2, 0.25) is 5.02 Å². The maximum Gasteiger partial charge on any atom is 0.0701 e. The van der Waals surface area contributed by atoms with E-state index in [4.69, 9.17) is 23.2 Å². The van der Waals surface area contributed by atoms with Crippen molar-refractivity contribution >= 4 is 50.5 Å². The lowest BCUT2D eigenvalue weighted by molar-refractivity contribution is 0.776. The van der Waals surface area contributed by atoms with Gasteiger partial charge in [0.15, 0.2) is 0 Å². The van der Waals surface area contributed by atoms with E-state index in [1.165, 1.54) is 4.88 Å². The second-order valence-electron chi connectivity index (χ2n) is 3.78. The summed E-state index contributed by atoms with van der Waals surface area (Å²) < 4.78 is 1.15. The van der Waals surface area contributed by atoms with Crippen molar-refractivity contribution in [3.05, 3.63) is 55.6 Å². The minimum absolute atomic E-state index is 0.274. The Morgan fingerprint density at radius 1 is 1.18 bits per heavy atom. The van der Waals surface area contributed by atoms with Gasteiger partial charge in [0, 0.05) is 21.7 Å². The summed E-state index contributed by atoms with van der Waals surface area (Å²) in [5, 5.41) is 0.800. The summed E-state index contributed by atoms with van der Waals surface area (Å²) in [5.41, 5.74) is 1.13. The lowest BCUT2D eigenvalue weighted by Crippen LogP contribution is -2.04. The topological polar surface area (TPSA) is 0 Å². The Kier molecular flexibility index (Phi) is 4.92. The average molecular weight is 350 g/mol. The van der Waals surface area contributed by atoms with Crippen molar-refractivity contribution in [3.63, 3.8) is 0 Å². The molecule has 0 nitrogen and oxygen atoms in total. The molecular formula is C13H11BrCl2S. The third-order valence-corrected chi connectivity index (χ3v) is 4.97. The van der Waals surface area contributed by atoms with Gasteiger partial charge < -0.3 is 0 Å². The summed E-state index contributed by atoms with van der Waals surface area (Å²) in [7, 11) is 0. The molecular weight excluding hydrogens is 339 g/mol. The van der Waals surface area contributed by atoms with Crippen LogP contribution in [0.25, 0.3) is 0 Å². The highest BCUT2D eigenvalue weighted by molar-refractivity contribution is 9.11. The smallest absolute Gasteiger partial charge is 0.0701 e. The van der Waals surface area contributed by atoms with Crippen molar-refractivity contribution in [1.82, 2.24) is 0 Å². The van der Waals surface area contributed by atoms with E-state index in [1.54, 1.807) is 11.3 Å². The molecule has 0 saturated carbocycles. The predicted octanol–water partition coefficient (Wildman–Crippen LogP) is 5.73. The van der Waals surface area contributed by atoms with E-state index in [-0.39, 0.29) is 5.92 Å². The molecule has 1 heterocycles. The number of halogens is 3. The van der Waals surface area contributed by atoms with Crippen LogP contribution in [0.15, 0.2) is 40.2 Å². The minimum Gasteiger partial charge on any atom is -0.133 e. The molecule has 4 heteroatoms. The number of rotatable bonds is 4. The van der Waals surface area contributed by atoms with Crippen molar-refractivity contribution in [3.8, 4) is 0 Å². The third-order valence-electron chi connectivity index (χ3n) is 2.61. The summed E-state index contributed by atoms with van der Waals surface area (Å²) >= 11 is 17.5. The molecule has 0 aliphatic carbocycles. The van der Waals surface area contributed by atoms with Crippen LogP contribution >= 0.6 is 50.5 Å². The number of benzene rings is 1. The van der Waals surface area contributed by atoms with E-state index >= 15 is 0 Å². The first-order valence-corrected chi connectivity index (χ1v) is 7.77. The Morgan fingerprint density at radius 3 is 2.53 bits per heavy atom. The molecule has 0 amide bonds. The summed E-state index contributed by atoms with van der Waals surface area (Å²) in [6.45, 7) is 0. The third kappa shape index (κ3) is 3.47. The molecule has 0 aliphatic heterocycles. The lowest BCUT2D eigenvalue weighted by atomic mass is 9.97. The van der Waals surface area contributed by atoms with Gasteiger partial charge in [-0.05, 0) is 46.1 Å². The first-order valence-electron chi connectivity index (χ1n) is 5.25. The van der Waals surface area contributed by atoms with Gasteiger partial charge in [0.1, 0.15) is 0 Å². The molecule has 0 bridgehead atoms. The zero-order valence-corrected chi connectivity index (χ0v) is 12.9. The summed E-state index contributed by atoms with van der Waals surface area (Å²) in [5.74, 6) is 0.857. The quantitative estimate of drug-likeness (QED) is 0.618. The summed E-state index contributed by atoms with van der Waals surface area (Å²) in [6.07, 6.45) is 0.934. The zero-order valence-electron chi connectivity index (χ0n) is 9.00. The van der Waals surface area contributed by atoms with Crippen LogP contribution in [0, 0.1) is 0 Å². The molecule has 2 rings (SSSR count). The highest BCUT2D eigenvalue weighted by Crippen LogP contribution is 2.31. The average Bonchev–Trinajstić information content (AvgIpc) is 2.73. The molecule has 2 aromatic rings. The molecule has 0 radical (unpaired) electrons. The fourth-order valence-electron chi connectivity index (χ4n) is 1.76. The van der Waals surface area contributed by atoms with Crippen LogP contribution in [0.1, 0.15) is 16.4 Å². The normalized spacial score (nSPS) is 12.6. The maximum atomic E-state index is 6.20. The standard InChI is InChI=1S/C13H11BrCl2S/c14-13-6-5-10(17-13)7-9(8-15)11-3-1-2-4-12(11)16/h1-6,9H,7-8H2. The second-order valence-corrected chi connectivity index (χ2v) is 7.05. The Hall–Kier alpha value is -0.0200. The molecule has 1 atom stereocenters. The Bertz CT molecular complexity index is 496. The molecule has 0 saturated heterocycles. The fourth-order valence-corrected chi connectivity index (χ4v) is 3.89. The molecule has 1 unspecified atom stereocenters.